The molecule has 0 fully saturated rings. The molecule has 16 heavy (non-hydrogen) atoms. The van der Waals surface area contributed by atoms with Gasteiger partial charge in [-0.05, 0) is 37.2 Å². The van der Waals surface area contributed by atoms with Crippen molar-refractivity contribution in [2.24, 2.45) is 0 Å². The first-order valence-electron chi connectivity index (χ1n) is 5.40. The van der Waals surface area contributed by atoms with Crippen molar-refractivity contribution in [3.63, 3.8) is 0 Å². The maximum Gasteiger partial charge on any atom is 0.251 e. The lowest BCUT2D eigenvalue weighted by Gasteiger charge is -2.06. The molecule has 3 nitrogen and oxygen atoms in total. The number of likely N-dealkylation sites (N-methyl/N-ethyl adjacent to an activating group) is 1. The Labute approximate surface area is 95.0 Å². The summed E-state index contributed by atoms with van der Waals surface area (Å²) in [6.45, 7) is 5.84. The summed E-state index contributed by atoms with van der Waals surface area (Å²) in [7, 11) is 0. The number of hydrogen-bond acceptors (Lipinski definition) is 2. The van der Waals surface area contributed by atoms with Crippen molar-refractivity contribution in [1.82, 2.24) is 10.6 Å². The normalized spacial score (nSPS) is 10.2. The lowest BCUT2D eigenvalue weighted by atomic mass is 10.1. The second kappa shape index (κ2) is 6.23. The van der Waals surface area contributed by atoms with Crippen molar-refractivity contribution >= 4 is 5.91 Å². The number of halogens is 1. The number of carbonyl (C=O) groups is 1. The lowest BCUT2D eigenvalue weighted by molar-refractivity contribution is 0.0954. The molecule has 1 aromatic carbocycles. The minimum absolute atomic E-state index is 0.166. The maximum absolute atomic E-state index is 13.0. The van der Waals surface area contributed by atoms with Crippen LogP contribution < -0.4 is 10.6 Å². The van der Waals surface area contributed by atoms with Crippen LogP contribution in [0.25, 0.3) is 0 Å². The number of hydrogen-bond donors (Lipinski definition) is 2. The maximum atomic E-state index is 13.0. The van der Waals surface area contributed by atoms with Gasteiger partial charge in [0.15, 0.2) is 0 Å². The van der Waals surface area contributed by atoms with Crippen LogP contribution in [0.3, 0.4) is 0 Å². The Bertz CT molecular complexity index is 366. The Balaban J connectivity index is 2.50. The van der Waals surface area contributed by atoms with Crippen LogP contribution in [0.4, 0.5) is 4.39 Å². The van der Waals surface area contributed by atoms with Gasteiger partial charge in [-0.2, -0.15) is 0 Å². The molecule has 0 atom stereocenters. The van der Waals surface area contributed by atoms with Gasteiger partial charge in [-0.1, -0.05) is 6.92 Å². The summed E-state index contributed by atoms with van der Waals surface area (Å²) in [6.07, 6.45) is 0. The van der Waals surface area contributed by atoms with Crippen molar-refractivity contribution in [2.75, 3.05) is 19.6 Å². The van der Waals surface area contributed by atoms with Gasteiger partial charge in [0.1, 0.15) is 5.82 Å². The molecule has 1 aromatic rings. The molecule has 1 amide bonds. The van der Waals surface area contributed by atoms with Gasteiger partial charge in [0.05, 0.1) is 0 Å². The zero-order valence-electron chi connectivity index (χ0n) is 9.64. The highest BCUT2D eigenvalue weighted by molar-refractivity contribution is 5.94. The number of aryl methyl sites for hydroxylation is 1. The van der Waals surface area contributed by atoms with Crippen molar-refractivity contribution in [1.29, 1.82) is 0 Å². The van der Waals surface area contributed by atoms with Gasteiger partial charge in [-0.3, -0.25) is 4.79 Å². The number of amides is 1. The van der Waals surface area contributed by atoms with E-state index >= 15 is 0 Å². The Morgan fingerprint density at radius 1 is 1.38 bits per heavy atom. The molecule has 0 heterocycles. The first kappa shape index (κ1) is 12.6. The molecule has 2 N–H and O–H groups in total. The first-order valence-corrected chi connectivity index (χ1v) is 5.40. The van der Waals surface area contributed by atoms with Gasteiger partial charge in [0.25, 0.3) is 5.91 Å². The molecular formula is C12H17FN2O. The molecule has 0 saturated carbocycles. The predicted octanol–water partition coefficient (Wildman–Crippen LogP) is 1.47. The van der Waals surface area contributed by atoms with Crippen LogP contribution in [-0.4, -0.2) is 25.5 Å². The summed E-state index contributed by atoms with van der Waals surface area (Å²) in [6, 6.07) is 4.36. The van der Waals surface area contributed by atoms with Crippen LogP contribution >= 0.6 is 0 Å². The van der Waals surface area contributed by atoms with Crippen molar-refractivity contribution in [2.45, 2.75) is 13.8 Å². The highest BCUT2D eigenvalue weighted by Crippen LogP contribution is 2.08. The Morgan fingerprint density at radius 3 is 2.75 bits per heavy atom. The third-order valence-electron chi connectivity index (χ3n) is 2.26. The average molecular weight is 224 g/mol. The number of benzene rings is 1. The molecule has 0 aliphatic rings. The van der Waals surface area contributed by atoms with Crippen LogP contribution in [0.1, 0.15) is 22.8 Å². The Morgan fingerprint density at radius 2 is 2.12 bits per heavy atom. The molecule has 1 rings (SSSR count). The molecule has 0 saturated heterocycles. The second-order valence-corrected chi connectivity index (χ2v) is 3.57. The highest BCUT2D eigenvalue weighted by Gasteiger charge is 2.06. The molecule has 0 spiro atoms. The van der Waals surface area contributed by atoms with E-state index < -0.39 is 0 Å². The predicted molar refractivity (Wildman–Crippen MR) is 62.0 cm³/mol. The second-order valence-electron chi connectivity index (χ2n) is 3.57. The van der Waals surface area contributed by atoms with Crippen molar-refractivity contribution < 1.29 is 9.18 Å². The van der Waals surface area contributed by atoms with Gasteiger partial charge >= 0.3 is 0 Å². The average Bonchev–Trinajstić information content (AvgIpc) is 2.28. The topological polar surface area (TPSA) is 41.1 Å². The van der Waals surface area contributed by atoms with E-state index in [2.05, 4.69) is 10.6 Å². The van der Waals surface area contributed by atoms with Crippen molar-refractivity contribution in [3.8, 4) is 0 Å². The fourth-order valence-corrected chi connectivity index (χ4v) is 1.33. The lowest BCUT2D eigenvalue weighted by Crippen LogP contribution is -2.31. The molecule has 0 radical (unpaired) electrons. The summed E-state index contributed by atoms with van der Waals surface area (Å²) in [5.41, 5.74) is 0.981. The molecule has 0 unspecified atom stereocenters. The van der Waals surface area contributed by atoms with E-state index in [9.17, 15) is 9.18 Å². The van der Waals surface area contributed by atoms with Gasteiger partial charge in [0, 0.05) is 18.7 Å². The van der Waals surface area contributed by atoms with E-state index in [0.717, 1.165) is 13.1 Å². The summed E-state index contributed by atoms with van der Waals surface area (Å²) in [5, 5.41) is 5.86. The van der Waals surface area contributed by atoms with Crippen LogP contribution in [0.2, 0.25) is 0 Å². The third-order valence-corrected chi connectivity index (χ3v) is 2.26. The monoisotopic (exact) mass is 224 g/mol. The number of nitrogens with one attached hydrogen (secondary N) is 2. The van der Waals surface area contributed by atoms with E-state index in [-0.39, 0.29) is 11.7 Å². The standard InChI is InChI=1S/C12H17FN2O/c1-3-14-6-7-15-12(16)10-4-5-11(13)9(2)8-10/h4-5,8,14H,3,6-7H2,1-2H3,(H,15,16). The fraction of sp³-hybridized carbons (Fsp3) is 0.417. The minimum Gasteiger partial charge on any atom is -0.351 e. The van der Waals surface area contributed by atoms with Gasteiger partial charge < -0.3 is 10.6 Å². The molecule has 0 bridgehead atoms. The quantitative estimate of drug-likeness (QED) is 0.744. The molecule has 0 aliphatic carbocycles. The molecule has 88 valence electrons. The van der Waals surface area contributed by atoms with Crippen LogP contribution in [0, 0.1) is 12.7 Å². The zero-order valence-corrected chi connectivity index (χ0v) is 9.64. The van der Waals surface area contributed by atoms with Crippen LogP contribution in [0.5, 0.6) is 0 Å². The van der Waals surface area contributed by atoms with E-state index in [0.29, 0.717) is 17.7 Å². The minimum atomic E-state index is -0.288. The molecule has 4 heteroatoms. The Kier molecular flexibility index (Phi) is 4.92. The van der Waals surface area contributed by atoms with Crippen LogP contribution in [-0.2, 0) is 0 Å². The fourth-order valence-electron chi connectivity index (χ4n) is 1.33. The van der Waals surface area contributed by atoms with Gasteiger partial charge in [-0.15, -0.1) is 0 Å². The van der Waals surface area contributed by atoms with Crippen molar-refractivity contribution in [3.05, 3.63) is 35.1 Å². The van der Waals surface area contributed by atoms with Gasteiger partial charge in [0.2, 0.25) is 0 Å². The smallest absolute Gasteiger partial charge is 0.251 e. The zero-order chi connectivity index (χ0) is 12.0. The summed E-state index contributed by atoms with van der Waals surface area (Å²) >= 11 is 0. The molecule has 0 aromatic heterocycles. The van der Waals surface area contributed by atoms with Gasteiger partial charge in [-0.25, -0.2) is 4.39 Å². The van der Waals surface area contributed by atoms with E-state index in [4.69, 9.17) is 0 Å². The summed E-state index contributed by atoms with van der Waals surface area (Å²) in [5.74, 6) is -0.454. The van der Waals surface area contributed by atoms with Crippen LogP contribution in [0.15, 0.2) is 18.2 Å². The Hall–Kier alpha value is -1.42. The van der Waals surface area contributed by atoms with E-state index in [1.54, 1.807) is 13.0 Å². The molecular weight excluding hydrogens is 207 g/mol. The SMILES string of the molecule is CCNCCNC(=O)c1ccc(F)c(C)c1. The number of rotatable bonds is 5. The first-order chi connectivity index (χ1) is 7.65. The largest absolute Gasteiger partial charge is 0.351 e. The van der Waals surface area contributed by atoms with E-state index in [1.165, 1.54) is 12.1 Å². The molecule has 0 aliphatic heterocycles. The third kappa shape index (κ3) is 3.62. The highest BCUT2D eigenvalue weighted by atomic mass is 19.1. The summed E-state index contributed by atoms with van der Waals surface area (Å²) < 4.78 is 13.0. The van der Waals surface area contributed by atoms with E-state index in [1.807, 2.05) is 6.92 Å². The summed E-state index contributed by atoms with van der Waals surface area (Å²) in [4.78, 5) is 11.6. The number of carbonyl (C=O) groups excluding carboxylic acids is 1.